The van der Waals surface area contributed by atoms with E-state index in [1.165, 1.54) is 10.8 Å². The van der Waals surface area contributed by atoms with Crippen molar-refractivity contribution in [3.63, 3.8) is 0 Å². The molecule has 1 aromatic carbocycles. The second kappa shape index (κ2) is 8.71. The van der Waals surface area contributed by atoms with Gasteiger partial charge >= 0.3 is 5.97 Å². The fourth-order valence-corrected chi connectivity index (χ4v) is 6.79. The van der Waals surface area contributed by atoms with E-state index in [9.17, 15) is 19.1 Å². The van der Waals surface area contributed by atoms with Crippen molar-refractivity contribution in [1.82, 2.24) is 24.4 Å². The minimum Gasteiger partial charge on any atom is -0.477 e. The smallest absolute Gasteiger partial charge is 0.341 e. The number of rotatable bonds is 5. The Labute approximate surface area is 232 Å². The molecule has 2 aliphatic rings. The first-order valence-electron chi connectivity index (χ1n) is 13.2. The van der Waals surface area contributed by atoms with Crippen LogP contribution in [0, 0.1) is 23.5 Å². The number of aromatic amines is 1. The van der Waals surface area contributed by atoms with E-state index in [0.29, 0.717) is 75.7 Å². The zero-order valence-electron chi connectivity index (χ0n) is 22.8. The molecule has 2 fully saturated rings. The number of carboxylic acid groups (broad SMARTS) is 1. The van der Waals surface area contributed by atoms with Gasteiger partial charge in [0, 0.05) is 69.0 Å². The van der Waals surface area contributed by atoms with E-state index in [-0.39, 0.29) is 16.3 Å². The Balaban J connectivity index is 1.52. The number of aryl methyl sites for hydroxylation is 1. The summed E-state index contributed by atoms with van der Waals surface area (Å²) in [6.45, 7) is 1.43. The van der Waals surface area contributed by atoms with Crippen molar-refractivity contribution in [1.29, 1.82) is 0 Å². The number of fused-ring (bicyclic) bond motifs is 5. The number of halogens is 2. The molecule has 0 bridgehead atoms. The van der Waals surface area contributed by atoms with Crippen LogP contribution in [0.3, 0.4) is 0 Å². The van der Waals surface area contributed by atoms with Gasteiger partial charge in [-0.1, -0.05) is 0 Å². The standard InChI is InChI=1S/C29H27F2N7O3/c1-32-19-6-18(30)22(31)20-21-25(38-10-15-16(11-38)24(15)36(2)3)14(8-33-27(21)35-23(19)20)12-5-13-26(39)17(29(40)41)9-37(4)28(13)34-7-12/h5-9,15-16,24,32H,10-11H2,1-4H3,(H,33,35)(H,40,41)/t15-,16+,24+. The molecule has 1 saturated heterocycles. The number of nitrogens with one attached hydrogen (secondary N) is 2. The lowest BCUT2D eigenvalue weighted by atomic mass is 10.0. The van der Waals surface area contributed by atoms with Crippen molar-refractivity contribution < 1.29 is 18.7 Å². The van der Waals surface area contributed by atoms with Gasteiger partial charge in [0.05, 0.1) is 33.1 Å². The van der Waals surface area contributed by atoms with Gasteiger partial charge in [0.25, 0.3) is 0 Å². The minimum atomic E-state index is -1.33. The SMILES string of the molecule is CNc1cc(F)c(F)c2c1[nH]c1ncc(-c3cnc4c(c3)c(=O)c(C(=O)O)cn4C)c(N3C[C@@H]4[C@H](C3)[C@H]4N(C)C)c12. The molecule has 10 nitrogen and oxygen atoms in total. The third-order valence-corrected chi connectivity index (χ3v) is 8.65. The van der Waals surface area contributed by atoms with Crippen LogP contribution in [0.5, 0.6) is 0 Å². The van der Waals surface area contributed by atoms with Crippen LogP contribution in [0.1, 0.15) is 10.4 Å². The third kappa shape index (κ3) is 3.56. The second-order valence-electron chi connectivity index (χ2n) is 11.2. The van der Waals surface area contributed by atoms with Gasteiger partial charge in [-0.25, -0.2) is 23.5 Å². The molecule has 210 valence electrons. The number of carboxylic acids is 1. The highest BCUT2D eigenvalue weighted by molar-refractivity contribution is 6.18. The van der Waals surface area contributed by atoms with E-state index in [1.807, 2.05) is 0 Å². The molecule has 1 aliphatic heterocycles. The average Bonchev–Trinajstić information content (AvgIpc) is 3.26. The number of aromatic carboxylic acids is 1. The largest absolute Gasteiger partial charge is 0.477 e. The summed E-state index contributed by atoms with van der Waals surface area (Å²) in [5.74, 6) is -2.42. The van der Waals surface area contributed by atoms with E-state index in [2.05, 4.69) is 44.2 Å². The molecule has 3 atom stereocenters. The van der Waals surface area contributed by atoms with Crippen LogP contribution in [0.25, 0.3) is 44.1 Å². The predicted molar refractivity (Wildman–Crippen MR) is 153 cm³/mol. The number of hydrogen-bond acceptors (Lipinski definition) is 7. The molecule has 7 rings (SSSR count). The molecule has 0 radical (unpaired) electrons. The van der Waals surface area contributed by atoms with Gasteiger partial charge in [-0.15, -0.1) is 0 Å². The van der Waals surface area contributed by atoms with Gasteiger partial charge in [0.1, 0.15) is 16.9 Å². The molecule has 0 spiro atoms. The Morgan fingerprint density at radius 1 is 1.15 bits per heavy atom. The number of piperidine rings is 1. The summed E-state index contributed by atoms with van der Waals surface area (Å²) in [5.41, 5.74) is 2.31. The van der Waals surface area contributed by atoms with Gasteiger partial charge in [0.15, 0.2) is 11.6 Å². The zero-order valence-corrected chi connectivity index (χ0v) is 22.8. The third-order valence-electron chi connectivity index (χ3n) is 8.65. The molecule has 4 aromatic heterocycles. The molecule has 12 heteroatoms. The summed E-state index contributed by atoms with van der Waals surface area (Å²) in [5, 5.41) is 13.2. The van der Waals surface area contributed by atoms with Crippen molar-refractivity contribution in [2.45, 2.75) is 6.04 Å². The number of anilines is 2. The predicted octanol–water partition coefficient (Wildman–Crippen LogP) is 3.64. The highest BCUT2D eigenvalue weighted by Crippen LogP contribution is 2.52. The molecule has 41 heavy (non-hydrogen) atoms. The lowest BCUT2D eigenvalue weighted by molar-refractivity contribution is 0.0695. The number of pyridine rings is 3. The average molecular weight is 560 g/mol. The Morgan fingerprint density at radius 2 is 1.88 bits per heavy atom. The lowest BCUT2D eigenvalue weighted by Crippen LogP contribution is -2.31. The van der Waals surface area contributed by atoms with Crippen molar-refractivity contribution >= 4 is 50.3 Å². The van der Waals surface area contributed by atoms with Crippen LogP contribution in [-0.4, -0.2) is 75.8 Å². The maximum absolute atomic E-state index is 15.6. The first-order chi connectivity index (χ1) is 19.6. The van der Waals surface area contributed by atoms with Crippen LogP contribution >= 0.6 is 0 Å². The number of benzene rings is 1. The highest BCUT2D eigenvalue weighted by Gasteiger charge is 2.57. The highest BCUT2D eigenvalue weighted by atomic mass is 19.2. The fraction of sp³-hybridized carbons (Fsp3) is 0.310. The number of H-pyrrole nitrogens is 1. The van der Waals surface area contributed by atoms with Crippen molar-refractivity contribution in [2.24, 2.45) is 18.9 Å². The monoisotopic (exact) mass is 559 g/mol. The van der Waals surface area contributed by atoms with Crippen LogP contribution in [0.2, 0.25) is 0 Å². The molecule has 3 N–H and O–H groups in total. The van der Waals surface area contributed by atoms with E-state index >= 15 is 4.39 Å². The van der Waals surface area contributed by atoms with Gasteiger partial charge in [-0.2, -0.15) is 0 Å². The molecule has 0 unspecified atom stereocenters. The molecule has 5 aromatic rings. The first kappa shape index (κ1) is 25.4. The van der Waals surface area contributed by atoms with Crippen LogP contribution in [0.15, 0.2) is 35.5 Å². The Bertz CT molecular complexity index is 1990. The van der Waals surface area contributed by atoms with E-state index < -0.39 is 23.0 Å². The molecular formula is C29H27F2N7O3. The van der Waals surface area contributed by atoms with Crippen LogP contribution in [0.4, 0.5) is 20.2 Å². The molecular weight excluding hydrogens is 532 g/mol. The summed E-state index contributed by atoms with van der Waals surface area (Å²) in [7, 11) is 7.39. The number of hydrogen-bond donors (Lipinski definition) is 3. The number of carbonyl (C=O) groups is 1. The van der Waals surface area contributed by atoms with E-state index in [4.69, 9.17) is 0 Å². The summed E-state index contributed by atoms with van der Waals surface area (Å²) in [6.07, 6.45) is 4.49. The molecule has 1 aliphatic carbocycles. The first-order valence-corrected chi connectivity index (χ1v) is 13.2. The van der Waals surface area contributed by atoms with Gasteiger partial charge in [-0.05, 0) is 32.0 Å². The zero-order chi connectivity index (χ0) is 28.9. The van der Waals surface area contributed by atoms with E-state index in [1.54, 1.807) is 32.6 Å². The Morgan fingerprint density at radius 3 is 2.54 bits per heavy atom. The second-order valence-corrected chi connectivity index (χ2v) is 11.2. The Kier molecular flexibility index (Phi) is 5.39. The van der Waals surface area contributed by atoms with Gasteiger partial charge in [-0.3, -0.25) is 4.79 Å². The van der Waals surface area contributed by atoms with Crippen molar-refractivity contribution in [2.75, 3.05) is 44.4 Å². The van der Waals surface area contributed by atoms with Crippen LogP contribution < -0.4 is 15.6 Å². The minimum absolute atomic E-state index is 0.0938. The topological polar surface area (TPSA) is 119 Å². The molecule has 5 heterocycles. The summed E-state index contributed by atoms with van der Waals surface area (Å²) in [6, 6.07) is 3.18. The normalized spacial score (nSPS) is 20.0. The summed E-state index contributed by atoms with van der Waals surface area (Å²) < 4.78 is 31.9. The quantitative estimate of drug-likeness (QED) is 0.299. The van der Waals surface area contributed by atoms with Gasteiger partial charge in [0.2, 0.25) is 5.43 Å². The van der Waals surface area contributed by atoms with Crippen molar-refractivity contribution in [3.8, 4) is 11.1 Å². The summed E-state index contributed by atoms with van der Waals surface area (Å²) in [4.78, 5) is 41.5. The van der Waals surface area contributed by atoms with E-state index in [0.717, 1.165) is 6.07 Å². The molecule has 0 amide bonds. The lowest BCUT2D eigenvalue weighted by Gasteiger charge is -2.27. The maximum Gasteiger partial charge on any atom is 0.341 e. The molecule has 1 saturated carbocycles. The number of aromatic nitrogens is 4. The van der Waals surface area contributed by atoms with Crippen LogP contribution in [-0.2, 0) is 7.05 Å². The number of nitrogens with zero attached hydrogens (tertiary/aromatic N) is 5. The van der Waals surface area contributed by atoms with Crippen molar-refractivity contribution in [3.05, 3.63) is 58.1 Å². The van der Waals surface area contributed by atoms with Gasteiger partial charge < -0.3 is 29.8 Å². The Hall–Kier alpha value is -4.58. The fourth-order valence-electron chi connectivity index (χ4n) is 6.79. The summed E-state index contributed by atoms with van der Waals surface area (Å²) >= 11 is 0. The maximum atomic E-state index is 15.6.